The fraction of sp³-hybridized carbons (Fsp3) is 0.111. The Labute approximate surface area is 129 Å². The number of methoxy groups -OCH3 is 1. The van der Waals surface area contributed by atoms with Gasteiger partial charge in [-0.25, -0.2) is 4.79 Å². The number of anilines is 1. The van der Waals surface area contributed by atoms with Crippen molar-refractivity contribution in [3.05, 3.63) is 71.3 Å². The van der Waals surface area contributed by atoms with E-state index in [1.807, 2.05) is 37.3 Å². The van der Waals surface area contributed by atoms with Gasteiger partial charge in [-0.3, -0.25) is 4.79 Å². The Kier molecular flexibility index (Phi) is 5.09. The van der Waals surface area contributed by atoms with Crippen molar-refractivity contribution in [2.24, 2.45) is 0 Å². The van der Waals surface area contributed by atoms with E-state index in [0.29, 0.717) is 11.3 Å². The summed E-state index contributed by atoms with van der Waals surface area (Å²) in [5.41, 5.74) is 2.87. The zero-order valence-corrected chi connectivity index (χ0v) is 12.5. The molecule has 0 aromatic heterocycles. The third-order valence-electron chi connectivity index (χ3n) is 3.13. The molecular formula is C18H17NO3. The summed E-state index contributed by atoms with van der Waals surface area (Å²) in [7, 11) is 1.34. The summed E-state index contributed by atoms with van der Waals surface area (Å²) in [6.07, 6.45) is 3.22. The molecule has 0 fully saturated rings. The average molecular weight is 295 g/mol. The van der Waals surface area contributed by atoms with Crippen LogP contribution in [-0.2, 0) is 9.53 Å². The summed E-state index contributed by atoms with van der Waals surface area (Å²) in [5.74, 6) is -0.622. The largest absolute Gasteiger partial charge is 0.465 e. The van der Waals surface area contributed by atoms with Gasteiger partial charge in [0, 0.05) is 11.8 Å². The molecule has 0 aliphatic carbocycles. The van der Waals surface area contributed by atoms with E-state index < -0.39 is 5.97 Å². The molecule has 0 bridgehead atoms. The molecule has 2 aromatic rings. The van der Waals surface area contributed by atoms with Gasteiger partial charge in [-0.1, -0.05) is 30.3 Å². The molecule has 0 heterocycles. The van der Waals surface area contributed by atoms with Crippen LogP contribution in [0, 0.1) is 6.92 Å². The topological polar surface area (TPSA) is 55.4 Å². The summed E-state index contributed by atoms with van der Waals surface area (Å²) in [4.78, 5) is 23.4. The minimum Gasteiger partial charge on any atom is -0.465 e. The lowest BCUT2D eigenvalue weighted by atomic mass is 10.1. The number of hydrogen-bond acceptors (Lipinski definition) is 3. The van der Waals surface area contributed by atoms with Crippen molar-refractivity contribution in [2.75, 3.05) is 12.4 Å². The number of aryl methyl sites for hydroxylation is 1. The third-order valence-corrected chi connectivity index (χ3v) is 3.13. The van der Waals surface area contributed by atoms with Gasteiger partial charge in [0.05, 0.1) is 12.7 Å². The van der Waals surface area contributed by atoms with Crippen molar-refractivity contribution < 1.29 is 14.3 Å². The summed E-state index contributed by atoms with van der Waals surface area (Å²) < 4.78 is 4.66. The van der Waals surface area contributed by atoms with Crippen LogP contribution in [0.15, 0.2) is 54.6 Å². The van der Waals surface area contributed by atoms with E-state index in [1.165, 1.54) is 13.2 Å². The highest BCUT2D eigenvalue weighted by Crippen LogP contribution is 2.17. The molecule has 0 spiro atoms. The van der Waals surface area contributed by atoms with Crippen LogP contribution in [0.2, 0.25) is 0 Å². The number of esters is 1. The Balaban J connectivity index is 2.06. The van der Waals surface area contributed by atoms with Crippen LogP contribution in [-0.4, -0.2) is 19.0 Å². The molecule has 1 amide bonds. The third kappa shape index (κ3) is 4.06. The van der Waals surface area contributed by atoms with E-state index in [2.05, 4.69) is 10.1 Å². The first-order valence-corrected chi connectivity index (χ1v) is 6.83. The zero-order chi connectivity index (χ0) is 15.9. The Hall–Kier alpha value is -2.88. The van der Waals surface area contributed by atoms with Gasteiger partial charge in [-0.15, -0.1) is 0 Å². The number of amides is 1. The molecule has 0 aliphatic rings. The number of nitrogens with one attached hydrogen (secondary N) is 1. The van der Waals surface area contributed by atoms with Gasteiger partial charge in [0.2, 0.25) is 5.91 Å². The Morgan fingerprint density at radius 3 is 2.45 bits per heavy atom. The van der Waals surface area contributed by atoms with Crippen molar-refractivity contribution in [3.8, 4) is 0 Å². The van der Waals surface area contributed by atoms with Crippen LogP contribution < -0.4 is 5.32 Å². The zero-order valence-electron chi connectivity index (χ0n) is 12.5. The van der Waals surface area contributed by atoms with Gasteiger partial charge in [0.15, 0.2) is 0 Å². The van der Waals surface area contributed by atoms with Crippen LogP contribution in [0.1, 0.15) is 21.5 Å². The number of rotatable bonds is 4. The van der Waals surface area contributed by atoms with Gasteiger partial charge in [-0.05, 0) is 42.3 Å². The fourth-order valence-corrected chi connectivity index (χ4v) is 1.96. The van der Waals surface area contributed by atoms with Crippen LogP contribution in [0.25, 0.3) is 6.08 Å². The number of carbonyl (C=O) groups is 2. The highest BCUT2D eigenvalue weighted by Gasteiger charge is 2.08. The molecule has 4 heteroatoms. The Morgan fingerprint density at radius 1 is 1.09 bits per heavy atom. The molecule has 0 aliphatic heterocycles. The molecule has 0 atom stereocenters. The Bertz CT molecular complexity index is 706. The van der Waals surface area contributed by atoms with E-state index in [-0.39, 0.29) is 5.91 Å². The average Bonchev–Trinajstić information content (AvgIpc) is 2.55. The molecule has 0 saturated carbocycles. The minimum atomic E-state index is -0.398. The van der Waals surface area contributed by atoms with Crippen LogP contribution in [0.5, 0.6) is 0 Å². The van der Waals surface area contributed by atoms with E-state index in [9.17, 15) is 9.59 Å². The van der Waals surface area contributed by atoms with Gasteiger partial charge >= 0.3 is 5.97 Å². The SMILES string of the molecule is COC(=O)c1ccc(NC(=O)/C=C/c2ccccc2)c(C)c1. The van der Waals surface area contributed by atoms with Crippen LogP contribution >= 0.6 is 0 Å². The first-order valence-electron chi connectivity index (χ1n) is 6.83. The second-order valence-corrected chi connectivity index (χ2v) is 4.75. The lowest BCUT2D eigenvalue weighted by Crippen LogP contribution is -2.10. The summed E-state index contributed by atoms with van der Waals surface area (Å²) in [5, 5.41) is 2.79. The summed E-state index contributed by atoms with van der Waals surface area (Å²) >= 11 is 0. The van der Waals surface area contributed by atoms with E-state index in [1.54, 1.807) is 24.3 Å². The number of carbonyl (C=O) groups excluding carboxylic acids is 2. The molecule has 0 unspecified atom stereocenters. The number of ether oxygens (including phenoxy) is 1. The van der Waals surface area contributed by atoms with Gasteiger partial charge in [-0.2, -0.15) is 0 Å². The first-order chi connectivity index (χ1) is 10.6. The smallest absolute Gasteiger partial charge is 0.337 e. The predicted molar refractivity (Wildman–Crippen MR) is 86.6 cm³/mol. The molecule has 0 radical (unpaired) electrons. The van der Waals surface area contributed by atoms with E-state index in [0.717, 1.165) is 11.1 Å². The standard InChI is InChI=1S/C18H17NO3/c1-13-12-15(18(21)22-2)9-10-16(13)19-17(20)11-8-14-6-4-3-5-7-14/h3-12H,1-2H3,(H,19,20)/b11-8+. The molecule has 1 N–H and O–H groups in total. The molecular weight excluding hydrogens is 278 g/mol. The Morgan fingerprint density at radius 2 is 1.82 bits per heavy atom. The minimum absolute atomic E-state index is 0.224. The number of benzene rings is 2. The molecule has 112 valence electrons. The molecule has 2 rings (SSSR count). The maximum Gasteiger partial charge on any atom is 0.337 e. The quantitative estimate of drug-likeness (QED) is 0.694. The van der Waals surface area contributed by atoms with Crippen molar-refractivity contribution >= 4 is 23.6 Å². The summed E-state index contributed by atoms with van der Waals surface area (Å²) in [6.45, 7) is 1.82. The monoisotopic (exact) mass is 295 g/mol. The number of hydrogen-bond donors (Lipinski definition) is 1. The maximum absolute atomic E-state index is 11.9. The molecule has 22 heavy (non-hydrogen) atoms. The highest BCUT2D eigenvalue weighted by atomic mass is 16.5. The summed E-state index contributed by atoms with van der Waals surface area (Å²) in [6, 6.07) is 14.6. The van der Waals surface area contributed by atoms with Gasteiger partial charge < -0.3 is 10.1 Å². The van der Waals surface area contributed by atoms with E-state index >= 15 is 0 Å². The van der Waals surface area contributed by atoms with Crippen molar-refractivity contribution in [3.63, 3.8) is 0 Å². The van der Waals surface area contributed by atoms with Gasteiger partial charge in [0.1, 0.15) is 0 Å². The van der Waals surface area contributed by atoms with Gasteiger partial charge in [0.25, 0.3) is 0 Å². The van der Waals surface area contributed by atoms with Crippen LogP contribution in [0.4, 0.5) is 5.69 Å². The van der Waals surface area contributed by atoms with Crippen LogP contribution in [0.3, 0.4) is 0 Å². The van der Waals surface area contributed by atoms with Crippen molar-refractivity contribution in [1.29, 1.82) is 0 Å². The van der Waals surface area contributed by atoms with Crippen molar-refractivity contribution in [1.82, 2.24) is 0 Å². The van der Waals surface area contributed by atoms with E-state index in [4.69, 9.17) is 0 Å². The normalized spacial score (nSPS) is 10.5. The molecule has 2 aromatic carbocycles. The lowest BCUT2D eigenvalue weighted by molar-refractivity contribution is -0.111. The second-order valence-electron chi connectivity index (χ2n) is 4.75. The highest BCUT2D eigenvalue weighted by molar-refractivity contribution is 6.02. The lowest BCUT2D eigenvalue weighted by Gasteiger charge is -2.08. The maximum atomic E-state index is 11.9. The first kappa shape index (κ1) is 15.5. The predicted octanol–water partition coefficient (Wildman–Crippen LogP) is 3.43. The molecule has 0 saturated heterocycles. The molecule has 4 nitrogen and oxygen atoms in total. The van der Waals surface area contributed by atoms with Crippen molar-refractivity contribution in [2.45, 2.75) is 6.92 Å². The second kappa shape index (κ2) is 7.22. The fourth-order valence-electron chi connectivity index (χ4n) is 1.96.